The van der Waals surface area contributed by atoms with Crippen molar-refractivity contribution in [1.29, 1.82) is 0 Å². The summed E-state index contributed by atoms with van der Waals surface area (Å²) in [6.07, 6.45) is 0.165. The first-order valence-electron chi connectivity index (χ1n) is 11.0. The number of hydrogen-bond acceptors (Lipinski definition) is 9. The number of ether oxygens (including phenoxy) is 1. The van der Waals surface area contributed by atoms with Crippen molar-refractivity contribution in [2.75, 3.05) is 26.9 Å². The lowest BCUT2D eigenvalue weighted by atomic mass is 10.0. The Bertz CT molecular complexity index is 1290. The molecule has 2 N–H and O–H groups in total. The summed E-state index contributed by atoms with van der Waals surface area (Å²) >= 11 is 0. The molecule has 196 valence electrons. The summed E-state index contributed by atoms with van der Waals surface area (Å²) < 4.78 is 59.9. The highest BCUT2D eigenvalue weighted by atomic mass is 19.4. The number of methoxy groups -OCH3 is 1. The van der Waals surface area contributed by atoms with Crippen molar-refractivity contribution in [3.05, 3.63) is 71.2 Å². The Morgan fingerprint density at radius 3 is 2.59 bits per heavy atom. The predicted octanol–water partition coefficient (Wildman–Crippen LogP) is 3.31. The second kappa shape index (κ2) is 11.3. The van der Waals surface area contributed by atoms with Gasteiger partial charge in [0.1, 0.15) is 36.2 Å². The minimum Gasteiger partial charge on any atom is -0.479 e. The molecule has 14 heteroatoms. The number of alkyl halides is 3. The molecule has 0 aliphatic carbocycles. The third-order valence-electron chi connectivity index (χ3n) is 5.19. The van der Waals surface area contributed by atoms with E-state index in [-0.39, 0.29) is 18.0 Å². The maximum Gasteiger partial charge on any atom is 0.419 e. The molecule has 3 aromatic rings. The smallest absolute Gasteiger partial charge is 0.419 e. The van der Waals surface area contributed by atoms with E-state index in [0.717, 1.165) is 24.4 Å². The van der Waals surface area contributed by atoms with Gasteiger partial charge < -0.3 is 9.30 Å². The van der Waals surface area contributed by atoms with Gasteiger partial charge in [0.15, 0.2) is 5.84 Å². The average molecular weight is 521 g/mol. The zero-order valence-corrected chi connectivity index (χ0v) is 19.8. The van der Waals surface area contributed by atoms with Crippen LogP contribution in [0.3, 0.4) is 0 Å². The first-order chi connectivity index (χ1) is 17.8. The SMILES string of the molecule is C1=NCCON1.COc1nc(C2=NC(c3ccc(F)c(C(F)(F)F)c3)CON2)ccc1-n1cnc(C)c1. The van der Waals surface area contributed by atoms with Crippen LogP contribution < -0.4 is 15.7 Å². The van der Waals surface area contributed by atoms with Crippen LogP contribution in [-0.4, -0.2) is 53.6 Å². The van der Waals surface area contributed by atoms with Crippen LogP contribution >= 0.6 is 0 Å². The molecule has 2 aliphatic heterocycles. The van der Waals surface area contributed by atoms with Crippen LogP contribution in [0.15, 0.2) is 52.8 Å². The van der Waals surface area contributed by atoms with Gasteiger partial charge in [-0.05, 0) is 36.8 Å². The number of hydrogen-bond donors (Lipinski definition) is 2. The lowest BCUT2D eigenvalue weighted by Gasteiger charge is -2.23. The molecule has 0 radical (unpaired) electrons. The van der Waals surface area contributed by atoms with E-state index in [2.05, 4.69) is 35.8 Å². The minimum absolute atomic E-state index is 0.0318. The van der Waals surface area contributed by atoms with Crippen LogP contribution in [0.25, 0.3) is 5.69 Å². The van der Waals surface area contributed by atoms with E-state index in [9.17, 15) is 17.6 Å². The number of nitrogens with zero attached hydrogens (tertiary/aromatic N) is 5. The molecule has 0 saturated carbocycles. The van der Waals surface area contributed by atoms with Crippen LogP contribution in [0.4, 0.5) is 17.6 Å². The number of rotatable bonds is 4. The molecule has 10 nitrogen and oxygen atoms in total. The molecule has 0 fully saturated rings. The van der Waals surface area contributed by atoms with E-state index in [1.807, 2.05) is 13.1 Å². The van der Waals surface area contributed by atoms with Gasteiger partial charge in [0.25, 0.3) is 0 Å². The topological polar surface area (TPSA) is 107 Å². The molecule has 1 atom stereocenters. The number of aromatic nitrogens is 3. The molecular formula is C23H23F4N7O3. The Hall–Kier alpha value is -4.04. The maximum absolute atomic E-state index is 13.6. The van der Waals surface area contributed by atoms with Crippen molar-refractivity contribution >= 4 is 12.2 Å². The van der Waals surface area contributed by atoms with E-state index in [0.29, 0.717) is 23.9 Å². The Balaban J connectivity index is 0.000000469. The zero-order valence-electron chi connectivity index (χ0n) is 19.8. The summed E-state index contributed by atoms with van der Waals surface area (Å²) in [5.74, 6) is -0.838. The molecule has 0 amide bonds. The fraction of sp³-hybridized carbons (Fsp3) is 0.304. The van der Waals surface area contributed by atoms with Gasteiger partial charge in [-0.1, -0.05) is 6.07 Å². The summed E-state index contributed by atoms with van der Waals surface area (Å²) in [4.78, 5) is 26.8. The van der Waals surface area contributed by atoms with Crippen LogP contribution in [0.2, 0.25) is 0 Å². The molecule has 4 heterocycles. The van der Waals surface area contributed by atoms with Crippen molar-refractivity contribution in [3.8, 4) is 11.6 Å². The highest BCUT2D eigenvalue weighted by Gasteiger charge is 2.35. The molecule has 2 aliphatic rings. The molecule has 0 spiro atoms. The largest absolute Gasteiger partial charge is 0.479 e. The number of benzene rings is 1. The standard InChI is InChI=1S/C20H17F4N5O2.C3H6N2O/c1-11-8-29(10-25-11)17-6-5-15(27-19(17)30-2)18-26-16(9-31-28-18)12-3-4-14(21)13(7-12)20(22,23)24;1-2-6-5-3-4-1/h3-8,10,16H,9H2,1-2H3,(H,26,28);3H,1-2H2,(H,4,5). The predicted molar refractivity (Wildman–Crippen MR) is 125 cm³/mol. The lowest BCUT2D eigenvalue weighted by Crippen LogP contribution is -2.33. The van der Waals surface area contributed by atoms with Crippen molar-refractivity contribution in [1.82, 2.24) is 25.5 Å². The van der Waals surface area contributed by atoms with Gasteiger partial charge in [-0.3, -0.25) is 25.1 Å². The first-order valence-corrected chi connectivity index (χ1v) is 11.0. The minimum atomic E-state index is -4.81. The fourth-order valence-corrected chi connectivity index (χ4v) is 3.43. The van der Waals surface area contributed by atoms with E-state index in [4.69, 9.17) is 9.57 Å². The summed E-state index contributed by atoms with van der Waals surface area (Å²) in [5, 5.41) is 0. The number of aryl methyl sites for hydroxylation is 1. The summed E-state index contributed by atoms with van der Waals surface area (Å²) in [5.41, 5.74) is 5.77. The third-order valence-corrected chi connectivity index (χ3v) is 5.19. The molecule has 2 aromatic heterocycles. The zero-order chi connectivity index (χ0) is 26.4. The fourth-order valence-electron chi connectivity index (χ4n) is 3.43. The Morgan fingerprint density at radius 1 is 1.16 bits per heavy atom. The van der Waals surface area contributed by atoms with Crippen molar-refractivity contribution in [2.24, 2.45) is 9.98 Å². The van der Waals surface area contributed by atoms with E-state index in [1.54, 1.807) is 29.4 Å². The van der Waals surface area contributed by atoms with Gasteiger partial charge >= 0.3 is 6.18 Å². The van der Waals surface area contributed by atoms with Gasteiger partial charge in [-0.15, -0.1) is 0 Å². The number of hydroxylamine groups is 2. The van der Waals surface area contributed by atoms with Crippen LogP contribution in [0.5, 0.6) is 5.88 Å². The monoisotopic (exact) mass is 521 g/mol. The van der Waals surface area contributed by atoms with Crippen LogP contribution in [0.1, 0.15) is 28.6 Å². The summed E-state index contributed by atoms with van der Waals surface area (Å²) in [7, 11) is 1.46. The molecule has 1 unspecified atom stereocenters. The average Bonchev–Trinajstić information content (AvgIpc) is 3.35. The van der Waals surface area contributed by atoms with Gasteiger partial charge in [-0.2, -0.15) is 13.2 Å². The van der Waals surface area contributed by atoms with Gasteiger partial charge in [0, 0.05) is 6.20 Å². The highest BCUT2D eigenvalue weighted by Crippen LogP contribution is 2.34. The van der Waals surface area contributed by atoms with Gasteiger partial charge in [0.05, 0.1) is 37.8 Å². The van der Waals surface area contributed by atoms with Crippen molar-refractivity contribution < 1.29 is 32.0 Å². The van der Waals surface area contributed by atoms with E-state index in [1.165, 1.54) is 13.2 Å². The number of pyridine rings is 1. The number of imidazole rings is 1. The lowest BCUT2D eigenvalue weighted by molar-refractivity contribution is -0.140. The molecule has 37 heavy (non-hydrogen) atoms. The highest BCUT2D eigenvalue weighted by molar-refractivity contribution is 5.97. The molecule has 0 saturated heterocycles. The van der Waals surface area contributed by atoms with E-state index >= 15 is 0 Å². The molecule has 0 bridgehead atoms. The molecular weight excluding hydrogens is 498 g/mol. The number of aliphatic imine (C=N–C) groups is 2. The first kappa shape index (κ1) is 26.0. The second-order valence-electron chi connectivity index (χ2n) is 7.79. The van der Waals surface area contributed by atoms with Crippen LogP contribution in [-0.2, 0) is 15.9 Å². The van der Waals surface area contributed by atoms with Crippen molar-refractivity contribution in [3.63, 3.8) is 0 Å². The number of amidine groups is 1. The van der Waals surface area contributed by atoms with Gasteiger partial charge in [0.2, 0.25) is 5.88 Å². The second-order valence-corrected chi connectivity index (χ2v) is 7.79. The molecule has 1 aromatic carbocycles. The quantitative estimate of drug-likeness (QED) is 0.508. The summed E-state index contributed by atoms with van der Waals surface area (Å²) in [6, 6.07) is 5.41. The van der Waals surface area contributed by atoms with E-state index < -0.39 is 23.6 Å². The Morgan fingerprint density at radius 2 is 2.00 bits per heavy atom. The number of nitrogens with one attached hydrogen (secondary N) is 2. The maximum atomic E-state index is 13.6. The van der Waals surface area contributed by atoms with Crippen LogP contribution in [0, 0.1) is 12.7 Å². The van der Waals surface area contributed by atoms with Crippen molar-refractivity contribution in [2.45, 2.75) is 19.1 Å². The van der Waals surface area contributed by atoms with Gasteiger partial charge in [-0.25, -0.2) is 19.8 Å². The molecule has 5 rings (SSSR count). The third kappa shape index (κ3) is 6.40. The summed E-state index contributed by atoms with van der Waals surface area (Å²) in [6.45, 7) is 3.29. The number of halogens is 4. The Kier molecular flexibility index (Phi) is 7.98. The Labute approximate surface area is 208 Å². The normalized spacial score (nSPS) is 17.1.